The first-order valence-corrected chi connectivity index (χ1v) is 7.92. The van der Waals surface area contributed by atoms with Crippen LogP contribution in [-0.2, 0) is 0 Å². The molecule has 0 radical (unpaired) electrons. The van der Waals surface area contributed by atoms with Gasteiger partial charge in [0.15, 0.2) is 0 Å². The van der Waals surface area contributed by atoms with Gasteiger partial charge in [0.25, 0.3) is 0 Å². The third kappa shape index (κ3) is 4.36. The number of nitrogens with one attached hydrogen (secondary N) is 1. The zero-order chi connectivity index (χ0) is 12.8. The second kappa shape index (κ2) is 7.52. The first kappa shape index (κ1) is 15.2. The quantitative estimate of drug-likeness (QED) is 0.801. The Morgan fingerprint density at radius 1 is 1.41 bits per heavy atom. The molecule has 4 heteroatoms. The molecule has 1 aromatic heterocycles. The molecule has 0 aliphatic rings. The van der Waals surface area contributed by atoms with Crippen LogP contribution in [-0.4, -0.2) is 13.1 Å². The Labute approximate surface area is 117 Å². The van der Waals surface area contributed by atoms with E-state index in [4.69, 9.17) is 5.73 Å². The molecule has 0 fully saturated rings. The Bertz CT molecular complexity index is 315. The standard InChI is InChI=1S/C13H23BrN2S/c1-4-10(5-2)8-16-12(7-15)13-6-11(14)9(3)17-13/h6,10,12,16H,4-5,7-8,15H2,1-3H3. The van der Waals surface area contributed by atoms with Crippen LogP contribution in [0.5, 0.6) is 0 Å². The number of rotatable bonds is 7. The molecule has 0 aliphatic heterocycles. The summed E-state index contributed by atoms with van der Waals surface area (Å²) < 4.78 is 1.19. The summed E-state index contributed by atoms with van der Waals surface area (Å²) in [4.78, 5) is 2.66. The predicted octanol–water partition coefficient (Wildman–Crippen LogP) is 3.84. The summed E-state index contributed by atoms with van der Waals surface area (Å²) in [7, 11) is 0. The summed E-state index contributed by atoms with van der Waals surface area (Å²) >= 11 is 5.39. The molecule has 0 saturated heterocycles. The van der Waals surface area contributed by atoms with Crippen molar-refractivity contribution in [1.82, 2.24) is 5.32 Å². The molecule has 0 bridgehead atoms. The fraction of sp³-hybridized carbons (Fsp3) is 0.692. The number of hydrogen-bond acceptors (Lipinski definition) is 3. The molecule has 0 saturated carbocycles. The lowest BCUT2D eigenvalue weighted by Gasteiger charge is -2.19. The number of hydrogen-bond donors (Lipinski definition) is 2. The van der Waals surface area contributed by atoms with Gasteiger partial charge in [-0.3, -0.25) is 0 Å². The topological polar surface area (TPSA) is 38.0 Å². The maximum atomic E-state index is 5.86. The van der Waals surface area contributed by atoms with Gasteiger partial charge < -0.3 is 11.1 Å². The number of nitrogens with two attached hydrogens (primary N) is 1. The number of thiophene rings is 1. The average molecular weight is 319 g/mol. The van der Waals surface area contributed by atoms with Gasteiger partial charge >= 0.3 is 0 Å². The van der Waals surface area contributed by atoms with E-state index in [2.05, 4.69) is 48.1 Å². The molecule has 0 amide bonds. The minimum atomic E-state index is 0.297. The van der Waals surface area contributed by atoms with Crippen LogP contribution in [0.1, 0.15) is 42.5 Å². The molecule has 0 aromatic carbocycles. The summed E-state index contributed by atoms with van der Waals surface area (Å²) in [5.41, 5.74) is 5.86. The summed E-state index contributed by atoms with van der Waals surface area (Å²) in [5.74, 6) is 0.758. The largest absolute Gasteiger partial charge is 0.329 e. The Kier molecular flexibility index (Phi) is 6.70. The fourth-order valence-corrected chi connectivity index (χ4v) is 3.49. The van der Waals surface area contributed by atoms with Crippen molar-refractivity contribution in [2.45, 2.75) is 39.7 Å². The molecular formula is C13H23BrN2S. The van der Waals surface area contributed by atoms with Crippen LogP contribution in [0.4, 0.5) is 0 Å². The fourth-order valence-electron chi connectivity index (χ4n) is 1.84. The van der Waals surface area contributed by atoms with Crippen LogP contribution in [0, 0.1) is 12.8 Å². The van der Waals surface area contributed by atoms with Gasteiger partial charge in [-0.2, -0.15) is 0 Å². The molecule has 0 aliphatic carbocycles. The van der Waals surface area contributed by atoms with E-state index in [-0.39, 0.29) is 0 Å². The van der Waals surface area contributed by atoms with Crippen molar-refractivity contribution in [2.75, 3.05) is 13.1 Å². The maximum Gasteiger partial charge on any atom is 0.0539 e. The van der Waals surface area contributed by atoms with Crippen molar-refractivity contribution in [3.05, 3.63) is 20.3 Å². The van der Waals surface area contributed by atoms with E-state index in [9.17, 15) is 0 Å². The molecule has 1 rings (SSSR count). The highest BCUT2D eigenvalue weighted by molar-refractivity contribution is 9.10. The van der Waals surface area contributed by atoms with Gasteiger partial charge in [0.2, 0.25) is 0 Å². The second-order valence-corrected chi connectivity index (χ2v) is 6.57. The minimum Gasteiger partial charge on any atom is -0.329 e. The van der Waals surface area contributed by atoms with Crippen molar-refractivity contribution in [3.8, 4) is 0 Å². The van der Waals surface area contributed by atoms with E-state index >= 15 is 0 Å². The van der Waals surface area contributed by atoms with E-state index < -0.39 is 0 Å². The Morgan fingerprint density at radius 3 is 2.47 bits per heavy atom. The summed E-state index contributed by atoms with van der Waals surface area (Å²) in [6, 6.07) is 2.49. The third-order valence-corrected chi connectivity index (χ3v) is 5.51. The monoisotopic (exact) mass is 318 g/mol. The highest BCUT2D eigenvalue weighted by Crippen LogP contribution is 2.30. The zero-order valence-corrected chi connectivity index (χ0v) is 13.3. The van der Waals surface area contributed by atoms with Crippen LogP contribution < -0.4 is 11.1 Å². The molecule has 1 aromatic rings. The smallest absolute Gasteiger partial charge is 0.0539 e. The molecule has 1 unspecified atom stereocenters. The van der Waals surface area contributed by atoms with Gasteiger partial charge in [-0.25, -0.2) is 0 Å². The van der Waals surface area contributed by atoms with E-state index in [0.717, 1.165) is 12.5 Å². The summed E-state index contributed by atoms with van der Waals surface area (Å²) in [6.45, 7) is 8.35. The molecule has 1 atom stereocenters. The lowest BCUT2D eigenvalue weighted by atomic mass is 10.0. The van der Waals surface area contributed by atoms with Crippen LogP contribution in [0.15, 0.2) is 10.5 Å². The average Bonchev–Trinajstić information content (AvgIpc) is 2.65. The van der Waals surface area contributed by atoms with Gasteiger partial charge in [-0.1, -0.05) is 26.7 Å². The van der Waals surface area contributed by atoms with Gasteiger partial charge in [0.1, 0.15) is 0 Å². The third-order valence-electron chi connectivity index (χ3n) is 3.26. The van der Waals surface area contributed by atoms with Crippen LogP contribution in [0.3, 0.4) is 0 Å². The van der Waals surface area contributed by atoms with E-state index in [0.29, 0.717) is 12.6 Å². The van der Waals surface area contributed by atoms with Crippen molar-refractivity contribution in [2.24, 2.45) is 11.7 Å². The van der Waals surface area contributed by atoms with Gasteiger partial charge in [-0.05, 0) is 41.4 Å². The maximum absolute atomic E-state index is 5.86. The lowest BCUT2D eigenvalue weighted by Crippen LogP contribution is -2.31. The van der Waals surface area contributed by atoms with E-state index in [1.165, 1.54) is 27.1 Å². The van der Waals surface area contributed by atoms with Crippen molar-refractivity contribution < 1.29 is 0 Å². The zero-order valence-electron chi connectivity index (χ0n) is 10.9. The summed E-state index contributed by atoms with van der Waals surface area (Å²) in [6.07, 6.45) is 2.46. The van der Waals surface area contributed by atoms with Crippen LogP contribution in [0.25, 0.3) is 0 Å². The van der Waals surface area contributed by atoms with Crippen LogP contribution >= 0.6 is 27.3 Å². The highest BCUT2D eigenvalue weighted by atomic mass is 79.9. The SMILES string of the molecule is CCC(CC)CNC(CN)c1cc(Br)c(C)s1. The minimum absolute atomic E-state index is 0.297. The Balaban J connectivity index is 2.59. The molecular weight excluding hydrogens is 296 g/mol. The molecule has 17 heavy (non-hydrogen) atoms. The number of halogens is 1. The van der Waals surface area contributed by atoms with E-state index in [1.807, 2.05) is 11.3 Å². The van der Waals surface area contributed by atoms with E-state index in [1.54, 1.807) is 0 Å². The first-order valence-electron chi connectivity index (χ1n) is 6.31. The van der Waals surface area contributed by atoms with Gasteiger partial charge in [0.05, 0.1) is 6.04 Å². The molecule has 0 spiro atoms. The van der Waals surface area contributed by atoms with Gasteiger partial charge in [-0.15, -0.1) is 11.3 Å². The van der Waals surface area contributed by atoms with Crippen LogP contribution in [0.2, 0.25) is 0 Å². The van der Waals surface area contributed by atoms with Crippen molar-refractivity contribution in [1.29, 1.82) is 0 Å². The molecule has 2 nitrogen and oxygen atoms in total. The number of aryl methyl sites for hydroxylation is 1. The Hall–Kier alpha value is 0.1000. The molecule has 98 valence electrons. The summed E-state index contributed by atoms with van der Waals surface area (Å²) in [5, 5.41) is 3.59. The molecule has 3 N–H and O–H groups in total. The van der Waals surface area contributed by atoms with Crippen molar-refractivity contribution in [3.63, 3.8) is 0 Å². The molecule has 1 heterocycles. The van der Waals surface area contributed by atoms with Gasteiger partial charge in [0, 0.05) is 20.8 Å². The normalized spacial score (nSPS) is 13.3. The van der Waals surface area contributed by atoms with Crippen molar-refractivity contribution >= 4 is 27.3 Å². The second-order valence-electron chi connectivity index (χ2n) is 4.43. The highest BCUT2D eigenvalue weighted by Gasteiger charge is 2.14. The lowest BCUT2D eigenvalue weighted by molar-refractivity contribution is 0.416. The first-order chi connectivity index (χ1) is 8.12. The predicted molar refractivity (Wildman–Crippen MR) is 80.6 cm³/mol. The Morgan fingerprint density at radius 2 is 2.06 bits per heavy atom.